The molecule has 322 valence electrons. The lowest BCUT2D eigenvalue weighted by Gasteiger charge is -2.62. The van der Waals surface area contributed by atoms with Gasteiger partial charge in [-0.15, -0.1) is 0 Å². The van der Waals surface area contributed by atoms with Gasteiger partial charge in [-0.3, -0.25) is 9.59 Å². The number of Topliss-reactive ketones (excluding diaryl/α,β-unsaturated/α-hetero) is 2. The van der Waals surface area contributed by atoms with Crippen LogP contribution in [0.25, 0.3) is 0 Å². The lowest BCUT2D eigenvalue weighted by molar-refractivity contribution is -0.220. The Morgan fingerprint density at radius 2 is 1.04 bits per heavy atom. The summed E-state index contributed by atoms with van der Waals surface area (Å²) in [6, 6.07) is 0. The highest BCUT2D eigenvalue weighted by Crippen LogP contribution is 2.70. The molecule has 0 heterocycles. The molecule has 16 atom stereocenters. The molecule has 10 heteroatoms. The fourth-order valence-electron chi connectivity index (χ4n) is 14.6. The average Bonchev–Trinajstić information content (AvgIpc) is 3.78. The first-order valence-corrected chi connectivity index (χ1v) is 21.8. The van der Waals surface area contributed by atoms with Crippen LogP contribution in [0.2, 0.25) is 0 Å². The Kier molecular flexibility index (Phi) is 14.2. The van der Waals surface area contributed by atoms with Crippen molar-refractivity contribution in [2.24, 2.45) is 68.0 Å². The molecule has 0 radical (unpaired) electrons. The Morgan fingerprint density at radius 1 is 0.643 bits per heavy atom. The van der Waals surface area contributed by atoms with E-state index in [1.54, 1.807) is 21.3 Å². The number of carbonyl (C=O) groups excluding carboxylic acids is 3. The third-order valence-electron chi connectivity index (χ3n) is 18.3. The van der Waals surface area contributed by atoms with E-state index in [4.69, 9.17) is 28.4 Å². The van der Waals surface area contributed by atoms with Crippen molar-refractivity contribution in [3.05, 3.63) is 0 Å². The minimum atomic E-state index is -0.693. The molecule has 6 aliphatic rings. The van der Waals surface area contributed by atoms with E-state index in [0.29, 0.717) is 42.8 Å². The number of methoxy groups -OCH3 is 4. The lowest BCUT2D eigenvalue weighted by atomic mass is 9.44. The van der Waals surface area contributed by atoms with Gasteiger partial charge in [-0.1, -0.05) is 55.4 Å². The molecule has 0 aromatic rings. The van der Waals surface area contributed by atoms with Gasteiger partial charge in [0, 0.05) is 75.0 Å². The monoisotopic (exact) mass is 791 g/mol. The van der Waals surface area contributed by atoms with E-state index in [9.17, 15) is 19.5 Å². The van der Waals surface area contributed by atoms with Gasteiger partial charge < -0.3 is 38.3 Å². The van der Waals surface area contributed by atoms with Crippen LogP contribution in [0.5, 0.6) is 0 Å². The number of carbonyl (C=O) groups is 3. The summed E-state index contributed by atoms with van der Waals surface area (Å²) in [7, 11) is 6.90. The zero-order valence-electron chi connectivity index (χ0n) is 37.1. The topological polar surface area (TPSA) is 127 Å². The second kappa shape index (κ2) is 17.4. The second-order valence-electron chi connectivity index (χ2n) is 20.3. The van der Waals surface area contributed by atoms with E-state index in [2.05, 4.69) is 41.5 Å². The highest BCUT2D eigenvalue weighted by molar-refractivity contribution is 5.89. The molecule has 6 fully saturated rings. The quantitative estimate of drug-likeness (QED) is 0.154. The third kappa shape index (κ3) is 7.12. The molecule has 6 rings (SSSR count). The molecule has 6 aliphatic carbocycles. The summed E-state index contributed by atoms with van der Waals surface area (Å²) in [6.07, 6.45) is 11.3. The molecule has 0 aliphatic heterocycles. The van der Waals surface area contributed by atoms with E-state index >= 15 is 0 Å². The molecule has 4 bridgehead atoms. The molecular formula is C46H78O10. The molecule has 0 aromatic heterocycles. The fraction of sp³-hybridized carbons (Fsp3) is 0.935. The van der Waals surface area contributed by atoms with E-state index in [0.717, 1.165) is 57.7 Å². The second-order valence-corrected chi connectivity index (χ2v) is 20.3. The number of aldehydes is 1. The highest BCUT2D eigenvalue weighted by Gasteiger charge is 2.70. The number of hydrogen-bond donors (Lipinski definition) is 1. The first-order valence-electron chi connectivity index (χ1n) is 21.8. The molecule has 1 N–H and O–H groups in total. The molecule has 4 unspecified atom stereocenters. The predicted molar refractivity (Wildman–Crippen MR) is 215 cm³/mol. The number of rotatable bonds is 12. The van der Waals surface area contributed by atoms with Crippen LogP contribution in [0.3, 0.4) is 0 Å². The van der Waals surface area contributed by atoms with Crippen molar-refractivity contribution in [1.29, 1.82) is 0 Å². The van der Waals surface area contributed by atoms with Crippen molar-refractivity contribution in [3.8, 4) is 0 Å². The number of ketones is 2. The Balaban J connectivity index is 0.000000214. The molecule has 0 aromatic carbocycles. The van der Waals surface area contributed by atoms with Crippen LogP contribution in [0, 0.1) is 68.0 Å². The lowest BCUT2D eigenvalue weighted by Crippen LogP contribution is -2.63. The van der Waals surface area contributed by atoms with Crippen LogP contribution in [-0.4, -0.2) is 96.0 Å². The molecule has 0 spiro atoms. The summed E-state index contributed by atoms with van der Waals surface area (Å²) in [5.41, 5.74) is -1.61. The predicted octanol–water partition coefficient (Wildman–Crippen LogP) is 7.85. The summed E-state index contributed by atoms with van der Waals surface area (Å²) in [5, 5.41) is 9.76. The van der Waals surface area contributed by atoms with Crippen LogP contribution < -0.4 is 0 Å². The number of aliphatic hydroxyl groups is 1. The highest BCUT2D eigenvalue weighted by atomic mass is 16.7. The van der Waals surface area contributed by atoms with Gasteiger partial charge in [0.25, 0.3) is 0 Å². The molecule has 6 saturated carbocycles. The van der Waals surface area contributed by atoms with Crippen LogP contribution >= 0.6 is 0 Å². The fourth-order valence-corrected chi connectivity index (χ4v) is 14.6. The van der Waals surface area contributed by atoms with Crippen molar-refractivity contribution in [2.75, 3.05) is 48.6 Å². The third-order valence-corrected chi connectivity index (χ3v) is 18.3. The van der Waals surface area contributed by atoms with Crippen molar-refractivity contribution in [3.63, 3.8) is 0 Å². The molecule has 0 saturated heterocycles. The van der Waals surface area contributed by atoms with Crippen molar-refractivity contribution < 1.29 is 47.9 Å². The maximum Gasteiger partial charge on any atom is 0.146 e. The largest absolute Gasteiger partial charge is 0.396 e. The summed E-state index contributed by atoms with van der Waals surface area (Å²) in [6.45, 7) is 18.1. The standard InChI is InChI=1S/C23H40O5.C23H38O5/c2*1-15-7-9-23-10-8-17(27-6)19(23)22(15,4)18(28-14-26-5)13-21(3,11-12-24)20(25)16(23)2/h15-19,24H,7-14H2,1-6H3;12,15-19H,7-11,13-14H2,1-6H3/t2*15-,16+,17-,18-,19?,21-,22+,23?/m11/s1. The van der Waals surface area contributed by atoms with Gasteiger partial charge in [0.05, 0.1) is 24.4 Å². The van der Waals surface area contributed by atoms with Gasteiger partial charge in [0.1, 0.15) is 31.4 Å². The SMILES string of the molecule is COCO[C@@H]1C[C@@](C)(CC=O)C(=O)[C@H](C)C23CC[C@@H](C)[C@]1(C)C2[C@H](OC)CC3.COCO[C@@H]1C[C@@](C)(CCO)C(=O)[C@H](C)C23CC[C@@H](C)[C@]1(C)C2[C@H](OC)CC3. The molecule has 0 amide bonds. The number of hydrogen-bond acceptors (Lipinski definition) is 10. The maximum atomic E-state index is 13.8. The van der Waals surface area contributed by atoms with Crippen molar-refractivity contribution in [1.82, 2.24) is 0 Å². The zero-order valence-corrected chi connectivity index (χ0v) is 37.1. The Hall–Kier alpha value is -1.27. The summed E-state index contributed by atoms with van der Waals surface area (Å²) < 4.78 is 35.2. The van der Waals surface area contributed by atoms with Gasteiger partial charge >= 0.3 is 0 Å². The maximum absolute atomic E-state index is 13.8. The minimum absolute atomic E-state index is 0.0232. The van der Waals surface area contributed by atoms with Gasteiger partial charge in [-0.05, 0) is 105 Å². The summed E-state index contributed by atoms with van der Waals surface area (Å²) >= 11 is 0. The Labute approximate surface area is 338 Å². The normalized spacial score (nSPS) is 48.7. The van der Waals surface area contributed by atoms with Crippen LogP contribution in [0.4, 0.5) is 0 Å². The van der Waals surface area contributed by atoms with Crippen molar-refractivity contribution in [2.45, 2.75) is 157 Å². The van der Waals surface area contributed by atoms with Gasteiger partial charge in [-0.2, -0.15) is 0 Å². The minimum Gasteiger partial charge on any atom is -0.396 e. The zero-order chi connectivity index (χ0) is 41.5. The molecule has 56 heavy (non-hydrogen) atoms. The summed E-state index contributed by atoms with van der Waals surface area (Å²) in [5.74, 6) is 1.92. The smallest absolute Gasteiger partial charge is 0.146 e. The van der Waals surface area contributed by atoms with E-state index in [-0.39, 0.29) is 96.2 Å². The van der Waals surface area contributed by atoms with Gasteiger partial charge in [0.15, 0.2) is 0 Å². The van der Waals surface area contributed by atoms with E-state index in [1.165, 1.54) is 0 Å². The molecule has 10 nitrogen and oxygen atoms in total. The Morgan fingerprint density at radius 3 is 1.41 bits per heavy atom. The van der Waals surface area contributed by atoms with Crippen molar-refractivity contribution >= 4 is 17.9 Å². The first kappa shape index (κ1) is 45.8. The van der Waals surface area contributed by atoms with Crippen LogP contribution in [0.15, 0.2) is 0 Å². The molecular weight excluding hydrogens is 712 g/mol. The number of ether oxygens (including phenoxy) is 6. The summed E-state index contributed by atoms with van der Waals surface area (Å²) in [4.78, 5) is 39.1. The van der Waals surface area contributed by atoms with E-state index in [1.807, 2.05) is 21.0 Å². The van der Waals surface area contributed by atoms with Crippen LogP contribution in [-0.2, 0) is 42.8 Å². The average molecular weight is 791 g/mol. The van der Waals surface area contributed by atoms with Gasteiger partial charge in [-0.25, -0.2) is 0 Å². The first-order chi connectivity index (χ1) is 26.4. The van der Waals surface area contributed by atoms with Crippen LogP contribution in [0.1, 0.15) is 132 Å². The van der Waals surface area contributed by atoms with Gasteiger partial charge in [0.2, 0.25) is 0 Å². The number of aliphatic hydroxyl groups excluding tert-OH is 1. The Bertz CT molecular complexity index is 1390. The van der Waals surface area contributed by atoms with E-state index < -0.39 is 10.8 Å².